The van der Waals surface area contributed by atoms with Gasteiger partial charge in [-0.2, -0.15) is 0 Å². The molecule has 0 spiro atoms. The van der Waals surface area contributed by atoms with Gasteiger partial charge in [0.15, 0.2) is 0 Å². The summed E-state index contributed by atoms with van der Waals surface area (Å²) in [7, 11) is 0. The quantitative estimate of drug-likeness (QED) is 0.194. The van der Waals surface area contributed by atoms with Crippen molar-refractivity contribution in [1.29, 1.82) is 0 Å². The molecule has 4 aromatic carbocycles. The Morgan fingerprint density at radius 1 is 0.553 bits per heavy atom. The molecule has 0 unspecified atom stereocenters. The van der Waals surface area contributed by atoms with Gasteiger partial charge >= 0.3 is 11.9 Å². The summed E-state index contributed by atoms with van der Waals surface area (Å²) in [5.41, 5.74) is -0.0818. The molecule has 0 aliphatic heterocycles. The molecule has 0 heterocycles. The van der Waals surface area contributed by atoms with Gasteiger partial charge in [0.05, 0.1) is 11.1 Å². The van der Waals surface area contributed by atoms with Crippen LogP contribution >= 0.6 is 0 Å². The zero-order chi connectivity index (χ0) is 27.7. The first-order valence-electron chi connectivity index (χ1n) is 12.6. The van der Waals surface area contributed by atoms with Crippen molar-refractivity contribution in [2.45, 2.75) is 66.0 Å². The highest BCUT2D eigenvalue weighted by Crippen LogP contribution is 2.27. The van der Waals surface area contributed by atoms with E-state index < -0.39 is 17.5 Å². The third-order valence-electron chi connectivity index (χ3n) is 5.50. The lowest BCUT2D eigenvalue weighted by molar-refractivity contribution is 0.00572. The Morgan fingerprint density at radius 2 is 0.895 bits per heavy atom. The molecule has 0 bridgehead atoms. The number of rotatable bonds is 6. The smallest absolute Gasteiger partial charge is 0.338 e. The minimum atomic E-state index is -0.549. The molecule has 0 radical (unpaired) electrons. The maximum Gasteiger partial charge on any atom is 0.338 e. The summed E-state index contributed by atoms with van der Waals surface area (Å²) >= 11 is 0. The van der Waals surface area contributed by atoms with E-state index in [9.17, 15) is 9.59 Å². The highest BCUT2D eigenvalue weighted by atomic mass is 16.7. The number of fused-ring (bicyclic) bond motifs is 2. The van der Waals surface area contributed by atoms with Crippen molar-refractivity contribution in [3.63, 3.8) is 0 Å². The molecule has 198 valence electrons. The molecule has 0 N–H and O–H groups in total. The maximum atomic E-state index is 12.4. The average Bonchev–Trinajstić information content (AvgIpc) is 2.81. The number of benzene rings is 4. The molecule has 0 atom stereocenters. The predicted octanol–water partition coefficient (Wildman–Crippen LogP) is 7.71. The van der Waals surface area contributed by atoms with Crippen LogP contribution in [-0.2, 0) is 9.47 Å². The molecular weight excluding hydrogens is 480 g/mol. The van der Waals surface area contributed by atoms with Crippen LogP contribution in [-0.4, -0.2) is 29.4 Å². The summed E-state index contributed by atoms with van der Waals surface area (Å²) < 4.78 is 22.9. The zero-order valence-electron chi connectivity index (χ0n) is 23.0. The van der Waals surface area contributed by atoms with Crippen molar-refractivity contribution < 1.29 is 28.5 Å². The summed E-state index contributed by atoms with van der Waals surface area (Å²) in [6.07, 6.45) is -0.549. The second-order valence-corrected chi connectivity index (χ2v) is 11.3. The van der Waals surface area contributed by atoms with E-state index in [4.69, 9.17) is 18.9 Å². The highest BCUT2D eigenvalue weighted by Gasteiger charge is 2.19. The third kappa shape index (κ3) is 7.03. The largest absolute Gasteiger partial charge is 0.456 e. The van der Waals surface area contributed by atoms with Gasteiger partial charge < -0.3 is 18.9 Å². The van der Waals surface area contributed by atoms with Gasteiger partial charge in [0.25, 0.3) is 0 Å². The van der Waals surface area contributed by atoms with Crippen LogP contribution in [0.5, 0.6) is 11.5 Å². The van der Waals surface area contributed by atoms with Crippen molar-refractivity contribution in [1.82, 2.24) is 0 Å². The van der Waals surface area contributed by atoms with Gasteiger partial charge in [-0.25, -0.2) is 9.59 Å². The van der Waals surface area contributed by atoms with E-state index in [0.717, 1.165) is 21.5 Å². The number of hydrogen-bond donors (Lipinski definition) is 0. The van der Waals surface area contributed by atoms with Gasteiger partial charge in [0.1, 0.15) is 22.7 Å². The summed E-state index contributed by atoms with van der Waals surface area (Å²) in [4.78, 5) is 24.8. The molecule has 0 aliphatic carbocycles. The van der Waals surface area contributed by atoms with E-state index in [0.29, 0.717) is 22.6 Å². The fourth-order valence-corrected chi connectivity index (χ4v) is 3.93. The van der Waals surface area contributed by atoms with Crippen LogP contribution < -0.4 is 9.47 Å². The molecule has 0 amide bonds. The molecule has 4 aromatic rings. The number of esters is 2. The number of carbonyl (C=O) groups excluding carboxylic acids is 2. The standard InChI is InChI=1S/C32H34O6/c1-20(35-27-14-12-21-16-25(10-8-23(21)18-27)29(33)37-31(2,3)4)36-28-15-13-22-17-26(11-9-24(22)19-28)30(34)38-32(5,6)7/h8-20H,1-7H3. The number of carbonyl (C=O) groups is 2. The Kier molecular flexibility index (Phi) is 7.36. The van der Waals surface area contributed by atoms with E-state index >= 15 is 0 Å². The van der Waals surface area contributed by atoms with Crippen molar-refractivity contribution in [2.24, 2.45) is 0 Å². The first-order valence-corrected chi connectivity index (χ1v) is 12.6. The minimum Gasteiger partial charge on any atom is -0.456 e. The molecule has 0 aliphatic rings. The first-order chi connectivity index (χ1) is 17.8. The zero-order valence-corrected chi connectivity index (χ0v) is 23.0. The Bertz CT molecular complexity index is 1380. The SMILES string of the molecule is CC(Oc1ccc2cc(C(=O)OC(C)(C)C)ccc2c1)Oc1ccc2cc(C(=O)OC(C)(C)C)ccc2c1. The third-order valence-corrected chi connectivity index (χ3v) is 5.50. The molecule has 6 heteroatoms. The first kappa shape index (κ1) is 27.0. The normalized spacial score (nSPS) is 12.0. The van der Waals surface area contributed by atoms with Crippen molar-refractivity contribution in [3.8, 4) is 11.5 Å². The predicted molar refractivity (Wildman–Crippen MR) is 149 cm³/mol. The molecule has 6 nitrogen and oxygen atoms in total. The molecular formula is C32H34O6. The fourth-order valence-electron chi connectivity index (χ4n) is 3.93. The highest BCUT2D eigenvalue weighted by molar-refractivity contribution is 5.96. The van der Waals surface area contributed by atoms with Gasteiger partial charge in [0.2, 0.25) is 6.29 Å². The van der Waals surface area contributed by atoms with Crippen LogP contribution in [0.3, 0.4) is 0 Å². The lowest BCUT2D eigenvalue weighted by Crippen LogP contribution is -2.23. The lowest BCUT2D eigenvalue weighted by Gasteiger charge is -2.20. The van der Waals surface area contributed by atoms with Gasteiger partial charge in [0, 0.05) is 6.92 Å². The Hall–Kier alpha value is -4.06. The van der Waals surface area contributed by atoms with Crippen LogP contribution in [0.25, 0.3) is 21.5 Å². The van der Waals surface area contributed by atoms with Gasteiger partial charge in [-0.3, -0.25) is 0 Å². The van der Waals surface area contributed by atoms with Crippen LogP contribution in [0.15, 0.2) is 72.8 Å². The lowest BCUT2D eigenvalue weighted by atomic mass is 10.1. The fraction of sp³-hybridized carbons (Fsp3) is 0.312. The molecule has 4 rings (SSSR count). The summed E-state index contributed by atoms with van der Waals surface area (Å²) in [6.45, 7) is 12.9. The van der Waals surface area contributed by atoms with Crippen LogP contribution in [0, 0.1) is 0 Å². The Balaban J connectivity index is 1.42. The van der Waals surface area contributed by atoms with E-state index in [1.807, 2.05) is 109 Å². The molecule has 0 aromatic heterocycles. The van der Waals surface area contributed by atoms with Crippen LogP contribution in [0.1, 0.15) is 69.2 Å². The summed E-state index contributed by atoms with van der Waals surface area (Å²) in [6, 6.07) is 22.2. The maximum absolute atomic E-state index is 12.4. The van der Waals surface area contributed by atoms with Crippen LogP contribution in [0.2, 0.25) is 0 Å². The van der Waals surface area contributed by atoms with E-state index in [1.165, 1.54) is 0 Å². The molecule has 0 fully saturated rings. The monoisotopic (exact) mass is 514 g/mol. The number of ether oxygens (including phenoxy) is 4. The average molecular weight is 515 g/mol. The van der Waals surface area contributed by atoms with E-state index in [2.05, 4.69) is 0 Å². The van der Waals surface area contributed by atoms with Gasteiger partial charge in [-0.05, 0) is 112 Å². The summed E-state index contributed by atoms with van der Waals surface area (Å²) in [5.74, 6) is 0.604. The second kappa shape index (κ2) is 10.4. The van der Waals surface area contributed by atoms with E-state index in [1.54, 1.807) is 12.1 Å². The summed E-state index contributed by atoms with van der Waals surface area (Å²) in [5, 5.41) is 3.70. The van der Waals surface area contributed by atoms with Crippen molar-refractivity contribution >= 4 is 33.5 Å². The number of hydrogen-bond acceptors (Lipinski definition) is 6. The molecule has 38 heavy (non-hydrogen) atoms. The second-order valence-electron chi connectivity index (χ2n) is 11.3. The van der Waals surface area contributed by atoms with Crippen LogP contribution in [0.4, 0.5) is 0 Å². The van der Waals surface area contributed by atoms with Gasteiger partial charge in [-0.1, -0.05) is 24.3 Å². The van der Waals surface area contributed by atoms with Gasteiger partial charge in [-0.15, -0.1) is 0 Å². The van der Waals surface area contributed by atoms with Crippen molar-refractivity contribution in [2.75, 3.05) is 0 Å². The molecule has 0 saturated carbocycles. The minimum absolute atomic E-state index is 0.349. The van der Waals surface area contributed by atoms with E-state index in [-0.39, 0.29) is 11.9 Å². The van der Waals surface area contributed by atoms with Crippen molar-refractivity contribution in [3.05, 3.63) is 83.9 Å². The Morgan fingerprint density at radius 3 is 1.26 bits per heavy atom. The molecule has 0 saturated heterocycles. The topological polar surface area (TPSA) is 71.1 Å². The Labute approximate surface area is 223 Å².